The predicted molar refractivity (Wildman–Crippen MR) is 71.3 cm³/mol. The molecule has 102 valence electrons. The highest BCUT2D eigenvalue weighted by atomic mass is 19.1. The molecule has 0 saturated heterocycles. The molecular formula is C15H23F2N. The number of halogens is 2. The molecule has 0 aromatic heterocycles. The summed E-state index contributed by atoms with van der Waals surface area (Å²) in [4.78, 5) is 0. The van der Waals surface area contributed by atoms with Crippen LogP contribution in [-0.2, 0) is 6.54 Å². The second-order valence-corrected chi connectivity index (χ2v) is 4.73. The van der Waals surface area contributed by atoms with Gasteiger partial charge < -0.3 is 5.32 Å². The molecule has 0 unspecified atom stereocenters. The molecule has 2 atom stereocenters. The molecule has 18 heavy (non-hydrogen) atoms. The van der Waals surface area contributed by atoms with E-state index in [0.717, 1.165) is 24.8 Å². The molecule has 1 nitrogen and oxygen atoms in total. The molecule has 1 N–H and O–H groups in total. The van der Waals surface area contributed by atoms with Crippen LogP contribution in [0.25, 0.3) is 0 Å². The summed E-state index contributed by atoms with van der Waals surface area (Å²) in [5.74, 6) is -0.218. The maximum absolute atomic E-state index is 13.3. The van der Waals surface area contributed by atoms with Crippen molar-refractivity contribution in [1.82, 2.24) is 5.32 Å². The highest BCUT2D eigenvalue weighted by Gasteiger charge is 2.20. The highest BCUT2D eigenvalue weighted by molar-refractivity contribution is 5.18. The Kier molecular flexibility index (Phi) is 6.27. The number of rotatable bonds is 3. The third-order valence-corrected chi connectivity index (χ3v) is 3.29. The van der Waals surface area contributed by atoms with Crippen molar-refractivity contribution >= 4 is 0 Å². The molecule has 0 radical (unpaired) electrons. The van der Waals surface area contributed by atoms with E-state index in [2.05, 4.69) is 12.2 Å². The van der Waals surface area contributed by atoms with Crippen molar-refractivity contribution in [3.8, 4) is 0 Å². The molecule has 2 rings (SSSR count). The molecule has 1 fully saturated rings. The van der Waals surface area contributed by atoms with Gasteiger partial charge >= 0.3 is 0 Å². The average Bonchev–Trinajstić information content (AvgIpc) is 2.77. The Labute approximate surface area is 109 Å². The maximum Gasteiger partial charge on any atom is 0.130 e. The Morgan fingerprint density at radius 1 is 1.22 bits per heavy atom. The lowest BCUT2D eigenvalue weighted by Crippen LogP contribution is -2.26. The predicted octanol–water partition coefficient (Wildman–Crippen LogP) is 4.27. The van der Waals surface area contributed by atoms with Gasteiger partial charge in [-0.05, 0) is 31.2 Å². The first kappa shape index (κ1) is 15.1. The van der Waals surface area contributed by atoms with E-state index < -0.39 is 11.6 Å². The number of benzene rings is 1. The van der Waals surface area contributed by atoms with Crippen molar-refractivity contribution in [2.24, 2.45) is 5.92 Å². The topological polar surface area (TPSA) is 12.0 Å². The Balaban J connectivity index is 0.000000771. The smallest absolute Gasteiger partial charge is 0.130 e. The van der Waals surface area contributed by atoms with Gasteiger partial charge in [-0.15, -0.1) is 0 Å². The van der Waals surface area contributed by atoms with E-state index >= 15 is 0 Å². The van der Waals surface area contributed by atoms with E-state index in [4.69, 9.17) is 0 Å². The van der Waals surface area contributed by atoms with Gasteiger partial charge in [0.2, 0.25) is 0 Å². The van der Waals surface area contributed by atoms with Gasteiger partial charge in [0, 0.05) is 24.2 Å². The summed E-state index contributed by atoms with van der Waals surface area (Å²) < 4.78 is 26.0. The molecule has 0 amide bonds. The summed E-state index contributed by atoms with van der Waals surface area (Å²) >= 11 is 0. The van der Waals surface area contributed by atoms with E-state index in [0.29, 0.717) is 18.2 Å². The molecular weight excluding hydrogens is 232 g/mol. The molecule has 1 aliphatic rings. The van der Waals surface area contributed by atoms with Gasteiger partial charge in [0.1, 0.15) is 11.6 Å². The SMILES string of the molecule is CC.C[C@@H]1CC[C@H](NCc2ccc(F)cc2F)C1. The third kappa shape index (κ3) is 4.37. The fraction of sp³-hybridized carbons (Fsp3) is 0.600. The molecule has 1 saturated carbocycles. The Hall–Kier alpha value is -0.960. The zero-order valence-electron chi connectivity index (χ0n) is 11.5. The van der Waals surface area contributed by atoms with Gasteiger partial charge in [0.15, 0.2) is 0 Å². The first-order valence-corrected chi connectivity index (χ1v) is 6.82. The van der Waals surface area contributed by atoms with Crippen LogP contribution in [0.2, 0.25) is 0 Å². The van der Waals surface area contributed by atoms with E-state index in [9.17, 15) is 8.78 Å². The second kappa shape index (κ2) is 7.47. The lowest BCUT2D eigenvalue weighted by atomic mass is 10.1. The fourth-order valence-electron chi connectivity index (χ4n) is 2.31. The number of hydrogen-bond donors (Lipinski definition) is 1. The largest absolute Gasteiger partial charge is 0.310 e. The van der Waals surface area contributed by atoms with E-state index in [1.54, 1.807) is 0 Å². The van der Waals surface area contributed by atoms with Crippen molar-refractivity contribution in [2.45, 2.75) is 52.6 Å². The first-order valence-electron chi connectivity index (χ1n) is 6.82. The lowest BCUT2D eigenvalue weighted by molar-refractivity contribution is 0.489. The molecule has 3 heteroatoms. The zero-order chi connectivity index (χ0) is 13.5. The van der Waals surface area contributed by atoms with Gasteiger partial charge in [-0.25, -0.2) is 8.78 Å². The fourth-order valence-corrected chi connectivity index (χ4v) is 2.31. The van der Waals surface area contributed by atoms with Crippen LogP contribution in [0.15, 0.2) is 18.2 Å². The van der Waals surface area contributed by atoms with E-state index in [-0.39, 0.29) is 0 Å². The Bertz CT molecular complexity index is 366. The van der Waals surface area contributed by atoms with Crippen LogP contribution in [0.4, 0.5) is 8.78 Å². The minimum Gasteiger partial charge on any atom is -0.310 e. The van der Waals surface area contributed by atoms with Crippen LogP contribution in [0.5, 0.6) is 0 Å². The molecule has 0 spiro atoms. The van der Waals surface area contributed by atoms with Gasteiger partial charge in [-0.1, -0.05) is 26.8 Å². The monoisotopic (exact) mass is 255 g/mol. The van der Waals surface area contributed by atoms with Gasteiger partial charge in [-0.2, -0.15) is 0 Å². The molecule has 0 aliphatic heterocycles. The van der Waals surface area contributed by atoms with Crippen LogP contribution >= 0.6 is 0 Å². The van der Waals surface area contributed by atoms with Gasteiger partial charge in [-0.3, -0.25) is 0 Å². The molecule has 1 aromatic carbocycles. The van der Waals surface area contributed by atoms with Crippen molar-refractivity contribution in [3.05, 3.63) is 35.4 Å². The first-order chi connectivity index (χ1) is 8.65. The van der Waals surface area contributed by atoms with Crippen LogP contribution in [0.3, 0.4) is 0 Å². The van der Waals surface area contributed by atoms with Crippen LogP contribution in [0.1, 0.15) is 45.6 Å². The second-order valence-electron chi connectivity index (χ2n) is 4.73. The maximum atomic E-state index is 13.3. The van der Waals surface area contributed by atoms with Crippen molar-refractivity contribution < 1.29 is 8.78 Å². The summed E-state index contributed by atoms with van der Waals surface area (Å²) in [7, 11) is 0. The zero-order valence-corrected chi connectivity index (χ0v) is 11.5. The third-order valence-electron chi connectivity index (χ3n) is 3.29. The molecule has 0 bridgehead atoms. The molecule has 1 aliphatic carbocycles. The number of nitrogens with one attached hydrogen (secondary N) is 1. The Morgan fingerprint density at radius 3 is 2.50 bits per heavy atom. The lowest BCUT2D eigenvalue weighted by Gasteiger charge is -2.12. The molecule has 0 heterocycles. The highest BCUT2D eigenvalue weighted by Crippen LogP contribution is 2.24. The van der Waals surface area contributed by atoms with E-state index in [1.807, 2.05) is 13.8 Å². The summed E-state index contributed by atoms with van der Waals surface area (Å²) in [5, 5.41) is 3.33. The summed E-state index contributed by atoms with van der Waals surface area (Å²) in [6.07, 6.45) is 3.55. The van der Waals surface area contributed by atoms with Crippen molar-refractivity contribution in [2.75, 3.05) is 0 Å². The minimum absolute atomic E-state index is 0.460. The van der Waals surface area contributed by atoms with Crippen molar-refractivity contribution in [3.63, 3.8) is 0 Å². The van der Waals surface area contributed by atoms with Crippen molar-refractivity contribution in [1.29, 1.82) is 0 Å². The van der Waals surface area contributed by atoms with Gasteiger partial charge in [0.25, 0.3) is 0 Å². The molecule has 1 aromatic rings. The Morgan fingerprint density at radius 2 is 1.94 bits per heavy atom. The van der Waals surface area contributed by atoms with Gasteiger partial charge in [0.05, 0.1) is 0 Å². The average molecular weight is 255 g/mol. The summed E-state index contributed by atoms with van der Waals surface area (Å²) in [5.41, 5.74) is 0.543. The number of hydrogen-bond acceptors (Lipinski definition) is 1. The van der Waals surface area contributed by atoms with Crippen LogP contribution in [-0.4, -0.2) is 6.04 Å². The minimum atomic E-state index is -0.518. The standard InChI is InChI=1S/C13H17F2N.C2H6/c1-9-2-5-12(6-9)16-8-10-3-4-11(14)7-13(10)15;1-2/h3-4,7,9,12,16H,2,5-6,8H2,1H3;1-2H3/t9-,12+;/m1./s1. The summed E-state index contributed by atoms with van der Waals surface area (Å²) in [6.45, 7) is 6.73. The van der Waals surface area contributed by atoms with E-state index in [1.165, 1.54) is 18.6 Å². The van der Waals surface area contributed by atoms with Crippen LogP contribution in [0, 0.1) is 17.6 Å². The quantitative estimate of drug-likeness (QED) is 0.850. The summed E-state index contributed by atoms with van der Waals surface area (Å²) in [6, 6.07) is 4.24. The normalized spacial score (nSPS) is 22.5. The van der Waals surface area contributed by atoms with Crippen LogP contribution < -0.4 is 5.32 Å².